The number of furan rings is 1. The quantitative estimate of drug-likeness (QED) is 0.844. The number of carbonyl (C=O) groups is 1. The summed E-state index contributed by atoms with van der Waals surface area (Å²) < 4.78 is 5.74. The molecule has 0 bridgehead atoms. The first kappa shape index (κ1) is 12.6. The molecule has 0 spiro atoms. The SMILES string of the molecule is C=CCN(CC=C)C(=O)Nc1ccc(Br)o1. The molecule has 1 rings (SSSR count). The lowest BCUT2D eigenvalue weighted by atomic mass is 10.4. The first-order chi connectivity index (χ1) is 7.67. The van der Waals surface area contributed by atoms with Crippen molar-refractivity contribution in [3.8, 4) is 0 Å². The molecule has 1 heterocycles. The van der Waals surface area contributed by atoms with Crippen molar-refractivity contribution >= 4 is 27.8 Å². The third-order valence-corrected chi connectivity index (χ3v) is 2.22. The first-order valence-corrected chi connectivity index (χ1v) is 5.49. The molecule has 0 saturated carbocycles. The van der Waals surface area contributed by atoms with Crippen LogP contribution >= 0.6 is 15.9 Å². The highest BCUT2D eigenvalue weighted by atomic mass is 79.9. The minimum absolute atomic E-state index is 0.248. The Kier molecular flexibility index (Phi) is 4.85. The molecule has 0 atom stereocenters. The van der Waals surface area contributed by atoms with E-state index in [9.17, 15) is 4.79 Å². The maximum Gasteiger partial charge on any atom is 0.324 e. The van der Waals surface area contributed by atoms with Crippen molar-refractivity contribution in [1.29, 1.82) is 0 Å². The van der Waals surface area contributed by atoms with Crippen LogP contribution in [0, 0.1) is 0 Å². The Morgan fingerprint density at radius 1 is 1.44 bits per heavy atom. The maximum atomic E-state index is 11.7. The van der Waals surface area contributed by atoms with Crippen molar-refractivity contribution in [2.45, 2.75) is 0 Å². The normalized spacial score (nSPS) is 9.56. The summed E-state index contributed by atoms with van der Waals surface area (Å²) in [5, 5.41) is 2.63. The molecule has 1 aromatic rings. The van der Waals surface area contributed by atoms with E-state index >= 15 is 0 Å². The van der Waals surface area contributed by atoms with Crippen LogP contribution in [0.25, 0.3) is 0 Å². The zero-order chi connectivity index (χ0) is 12.0. The first-order valence-electron chi connectivity index (χ1n) is 4.70. The van der Waals surface area contributed by atoms with E-state index in [0.29, 0.717) is 23.6 Å². The van der Waals surface area contributed by atoms with Crippen molar-refractivity contribution in [3.63, 3.8) is 0 Å². The molecule has 0 fully saturated rings. The molecule has 4 nitrogen and oxygen atoms in total. The van der Waals surface area contributed by atoms with Crippen LogP contribution in [0.1, 0.15) is 0 Å². The summed E-state index contributed by atoms with van der Waals surface area (Å²) >= 11 is 3.16. The molecule has 5 heteroatoms. The third kappa shape index (κ3) is 3.58. The number of nitrogens with one attached hydrogen (secondary N) is 1. The van der Waals surface area contributed by atoms with Crippen LogP contribution in [-0.4, -0.2) is 24.0 Å². The zero-order valence-corrected chi connectivity index (χ0v) is 10.4. The van der Waals surface area contributed by atoms with E-state index in [4.69, 9.17) is 4.42 Å². The van der Waals surface area contributed by atoms with Gasteiger partial charge in [0.1, 0.15) is 0 Å². The summed E-state index contributed by atoms with van der Waals surface area (Å²) in [6.45, 7) is 8.09. The van der Waals surface area contributed by atoms with Gasteiger partial charge in [0.15, 0.2) is 4.67 Å². The van der Waals surface area contributed by atoms with Gasteiger partial charge in [-0.15, -0.1) is 13.2 Å². The fourth-order valence-electron chi connectivity index (χ4n) is 1.12. The second kappa shape index (κ2) is 6.17. The van der Waals surface area contributed by atoms with Gasteiger partial charge < -0.3 is 9.32 Å². The fraction of sp³-hybridized carbons (Fsp3) is 0.182. The number of nitrogens with zero attached hydrogens (tertiary/aromatic N) is 1. The number of carbonyl (C=O) groups excluding carboxylic acids is 1. The molecule has 2 amide bonds. The van der Waals surface area contributed by atoms with Gasteiger partial charge in [-0.2, -0.15) is 0 Å². The molecule has 0 aliphatic rings. The molecule has 0 saturated heterocycles. The smallest absolute Gasteiger partial charge is 0.324 e. The number of halogens is 1. The molecule has 0 aliphatic heterocycles. The van der Waals surface area contributed by atoms with E-state index in [2.05, 4.69) is 34.4 Å². The van der Waals surface area contributed by atoms with Crippen molar-refractivity contribution in [3.05, 3.63) is 42.1 Å². The van der Waals surface area contributed by atoms with Gasteiger partial charge in [0.25, 0.3) is 0 Å². The summed E-state index contributed by atoms with van der Waals surface area (Å²) in [6, 6.07) is 3.13. The van der Waals surface area contributed by atoms with E-state index in [1.165, 1.54) is 0 Å². The highest BCUT2D eigenvalue weighted by Gasteiger charge is 2.11. The summed E-state index contributed by atoms with van der Waals surface area (Å²) in [4.78, 5) is 13.3. The van der Waals surface area contributed by atoms with Gasteiger partial charge in [0.2, 0.25) is 5.88 Å². The lowest BCUT2D eigenvalue weighted by molar-refractivity contribution is 0.221. The average molecular weight is 285 g/mol. The summed E-state index contributed by atoms with van der Waals surface area (Å²) in [5.74, 6) is 0.398. The Hall–Kier alpha value is -1.49. The average Bonchev–Trinajstić information content (AvgIpc) is 2.63. The van der Waals surface area contributed by atoms with Gasteiger partial charge >= 0.3 is 6.03 Å². The van der Waals surface area contributed by atoms with E-state index in [-0.39, 0.29) is 6.03 Å². The largest absolute Gasteiger partial charge is 0.434 e. The van der Waals surface area contributed by atoms with Crippen LogP contribution in [0.4, 0.5) is 10.7 Å². The van der Waals surface area contributed by atoms with E-state index in [1.807, 2.05) is 0 Å². The van der Waals surface area contributed by atoms with Crippen LogP contribution in [0.5, 0.6) is 0 Å². The number of urea groups is 1. The predicted octanol–water partition coefficient (Wildman–Crippen LogP) is 3.25. The van der Waals surface area contributed by atoms with Crippen LogP contribution in [0.2, 0.25) is 0 Å². The zero-order valence-electron chi connectivity index (χ0n) is 8.78. The van der Waals surface area contributed by atoms with Crippen molar-refractivity contribution < 1.29 is 9.21 Å². The summed E-state index contributed by atoms with van der Waals surface area (Å²) in [5.41, 5.74) is 0. The number of amides is 2. The minimum atomic E-state index is -0.248. The van der Waals surface area contributed by atoms with Gasteiger partial charge in [-0.1, -0.05) is 12.2 Å². The molecule has 1 aromatic heterocycles. The highest BCUT2D eigenvalue weighted by molar-refractivity contribution is 9.10. The van der Waals surface area contributed by atoms with Crippen molar-refractivity contribution in [2.75, 3.05) is 18.4 Å². The topological polar surface area (TPSA) is 45.5 Å². The Labute approximate surface area is 103 Å². The van der Waals surface area contributed by atoms with Crippen LogP contribution in [0.3, 0.4) is 0 Å². The summed E-state index contributed by atoms with van der Waals surface area (Å²) in [6.07, 6.45) is 3.31. The van der Waals surface area contributed by atoms with Gasteiger partial charge in [-0.05, 0) is 22.0 Å². The number of hydrogen-bond acceptors (Lipinski definition) is 2. The third-order valence-electron chi connectivity index (χ3n) is 1.79. The lowest BCUT2D eigenvalue weighted by Gasteiger charge is -2.18. The van der Waals surface area contributed by atoms with E-state index < -0.39 is 0 Å². The molecule has 16 heavy (non-hydrogen) atoms. The fourth-order valence-corrected chi connectivity index (χ4v) is 1.42. The molecular weight excluding hydrogens is 272 g/mol. The Balaban J connectivity index is 2.60. The van der Waals surface area contributed by atoms with Crippen molar-refractivity contribution in [2.24, 2.45) is 0 Å². The van der Waals surface area contributed by atoms with Gasteiger partial charge in [-0.25, -0.2) is 4.79 Å². The van der Waals surface area contributed by atoms with Gasteiger partial charge in [0.05, 0.1) is 0 Å². The monoisotopic (exact) mass is 284 g/mol. The molecule has 0 aliphatic carbocycles. The van der Waals surface area contributed by atoms with E-state index in [0.717, 1.165) is 0 Å². The molecule has 1 N–H and O–H groups in total. The highest BCUT2D eigenvalue weighted by Crippen LogP contribution is 2.18. The summed E-state index contributed by atoms with van der Waals surface area (Å²) in [7, 11) is 0. The number of hydrogen-bond donors (Lipinski definition) is 1. The van der Waals surface area contributed by atoms with Gasteiger partial charge in [0, 0.05) is 19.2 Å². The second-order valence-electron chi connectivity index (χ2n) is 3.02. The number of rotatable bonds is 5. The minimum Gasteiger partial charge on any atom is -0.434 e. The molecule has 0 aromatic carbocycles. The molecular formula is C11H13BrN2O2. The lowest BCUT2D eigenvalue weighted by Crippen LogP contribution is -2.35. The molecule has 86 valence electrons. The second-order valence-corrected chi connectivity index (χ2v) is 3.80. The Bertz CT molecular complexity index is 377. The Morgan fingerprint density at radius 3 is 2.50 bits per heavy atom. The van der Waals surface area contributed by atoms with Crippen LogP contribution in [0.15, 0.2) is 46.5 Å². The van der Waals surface area contributed by atoms with Crippen LogP contribution in [-0.2, 0) is 0 Å². The standard InChI is InChI=1S/C11H13BrN2O2/c1-3-7-14(8-4-2)11(15)13-10-6-5-9(12)16-10/h3-6H,1-2,7-8H2,(H,13,15). The van der Waals surface area contributed by atoms with Crippen LogP contribution < -0.4 is 5.32 Å². The molecule has 0 radical (unpaired) electrons. The predicted molar refractivity (Wildman–Crippen MR) is 67.4 cm³/mol. The number of anilines is 1. The van der Waals surface area contributed by atoms with Crippen molar-refractivity contribution in [1.82, 2.24) is 4.90 Å². The van der Waals surface area contributed by atoms with E-state index in [1.54, 1.807) is 29.2 Å². The van der Waals surface area contributed by atoms with Gasteiger partial charge in [-0.3, -0.25) is 5.32 Å². The Morgan fingerprint density at radius 2 is 2.06 bits per heavy atom. The maximum absolute atomic E-state index is 11.7. The molecule has 0 unspecified atom stereocenters.